The molecule has 3 heteroatoms. The highest BCUT2D eigenvalue weighted by atomic mass is 35.5. The molecular formula is C13H15ClS2. The molecule has 0 amide bonds. The molecule has 3 rings (SSSR count). The highest BCUT2D eigenvalue weighted by Crippen LogP contribution is 2.42. The molecule has 3 unspecified atom stereocenters. The minimum Gasteiger partial charge on any atom is -0.160 e. The molecule has 1 aromatic carbocycles. The molecule has 0 nitrogen and oxygen atoms in total. The molecule has 1 saturated heterocycles. The Labute approximate surface area is 111 Å². The molecule has 0 saturated carbocycles. The van der Waals surface area contributed by atoms with Gasteiger partial charge in [-0.3, -0.25) is 0 Å². The van der Waals surface area contributed by atoms with Crippen LogP contribution < -0.4 is 0 Å². The lowest BCUT2D eigenvalue weighted by atomic mass is 9.99. The van der Waals surface area contributed by atoms with Gasteiger partial charge in [0.25, 0.3) is 0 Å². The summed E-state index contributed by atoms with van der Waals surface area (Å²) in [6, 6.07) is 8.81. The molecule has 0 N–H and O–H groups in total. The molecule has 86 valence electrons. The van der Waals surface area contributed by atoms with Gasteiger partial charge in [0, 0.05) is 21.3 Å². The fourth-order valence-electron chi connectivity index (χ4n) is 2.51. The summed E-state index contributed by atoms with van der Waals surface area (Å²) in [5.74, 6) is 3.15. The van der Waals surface area contributed by atoms with E-state index in [1.165, 1.54) is 29.1 Å². The largest absolute Gasteiger partial charge is 0.160 e. The zero-order valence-corrected chi connectivity index (χ0v) is 11.5. The number of thioether (sulfide) groups is 2. The monoisotopic (exact) mass is 270 g/mol. The number of hydrogen-bond acceptors (Lipinski definition) is 2. The Balaban J connectivity index is 1.63. The van der Waals surface area contributed by atoms with Crippen LogP contribution in [0.1, 0.15) is 12.0 Å². The summed E-state index contributed by atoms with van der Waals surface area (Å²) in [4.78, 5) is 1.49. The highest BCUT2D eigenvalue weighted by molar-refractivity contribution is 8.00. The van der Waals surface area contributed by atoms with Crippen LogP contribution in [0.4, 0.5) is 0 Å². The van der Waals surface area contributed by atoms with Gasteiger partial charge >= 0.3 is 0 Å². The van der Waals surface area contributed by atoms with Gasteiger partial charge in [-0.2, -0.15) is 11.8 Å². The SMILES string of the molecule is ClC1CSCC1CC1Cc2ccccc2S1. The Bertz CT molecular complexity index is 355. The second kappa shape index (κ2) is 4.83. The van der Waals surface area contributed by atoms with Gasteiger partial charge < -0.3 is 0 Å². The van der Waals surface area contributed by atoms with E-state index in [1.54, 1.807) is 0 Å². The fraction of sp³-hybridized carbons (Fsp3) is 0.538. The Kier molecular flexibility index (Phi) is 3.42. The molecule has 0 bridgehead atoms. The number of alkyl halides is 1. The van der Waals surface area contributed by atoms with Crippen molar-refractivity contribution in [3.63, 3.8) is 0 Å². The van der Waals surface area contributed by atoms with Gasteiger partial charge in [0.15, 0.2) is 0 Å². The van der Waals surface area contributed by atoms with Gasteiger partial charge in [-0.05, 0) is 36.1 Å². The summed E-state index contributed by atoms with van der Waals surface area (Å²) in [5.41, 5.74) is 1.54. The van der Waals surface area contributed by atoms with Crippen LogP contribution in [0.5, 0.6) is 0 Å². The Hall–Kier alpha value is 0.210. The first kappa shape index (κ1) is 11.3. The summed E-state index contributed by atoms with van der Waals surface area (Å²) in [6.45, 7) is 0. The normalized spacial score (nSPS) is 32.9. The van der Waals surface area contributed by atoms with Gasteiger partial charge in [0.1, 0.15) is 0 Å². The van der Waals surface area contributed by atoms with Crippen molar-refractivity contribution in [1.82, 2.24) is 0 Å². The molecular weight excluding hydrogens is 256 g/mol. The van der Waals surface area contributed by atoms with E-state index < -0.39 is 0 Å². The first-order valence-electron chi connectivity index (χ1n) is 5.79. The van der Waals surface area contributed by atoms with Crippen molar-refractivity contribution in [2.24, 2.45) is 5.92 Å². The lowest BCUT2D eigenvalue weighted by molar-refractivity contribution is 0.540. The van der Waals surface area contributed by atoms with Gasteiger partial charge in [-0.15, -0.1) is 23.4 Å². The van der Waals surface area contributed by atoms with E-state index in [2.05, 4.69) is 36.0 Å². The molecule has 2 heterocycles. The first-order chi connectivity index (χ1) is 7.83. The van der Waals surface area contributed by atoms with Crippen LogP contribution in [-0.2, 0) is 6.42 Å². The van der Waals surface area contributed by atoms with Crippen LogP contribution in [0.25, 0.3) is 0 Å². The quantitative estimate of drug-likeness (QED) is 0.743. The van der Waals surface area contributed by atoms with Crippen molar-refractivity contribution in [3.8, 4) is 0 Å². The predicted molar refractivity (Wildman–Crippen MR) is 74.9 cm³/mol. The van der Waals surface area contributed by atoms with E-state index in [0.29, 0.717) is 5.38 Å². The van der Waals surface area contributed by atoms with Crippen molar-refractivity contribution in [2.75, 3.05) is 11.5 Å². The fourth-order valence-corrected chi connectivity index (χ4v) is 5.81. The number of halogens is 1. The van der Waals surface area contributed by atoms with E-state index in [4.69, 9.17) is 11.6 Å². The van der Waals surface area contributed by atoms with Crippen molar-refractivity contribution < 1.29 is 0 Å². The summed E-state index contributed by atoms with van der Waals surface area (Å²) in [6.07, 6.45) is 2.53. The lowest BCUT2D eigenvalue weighted by Gasteiger charge is -2.16. The third-order valence-corrected chi connectivity index (χ3v) is 6.70. The zero-order valence-electron chi connectivity index (χ0n) is 9.06. The standard InChI is InChI=1S/C13H15ClS2/c14-12-8-15-7-10(12)6-11-5-9-3-1-2-4-13(9)16-11/h1-4,10-12H,5-8H2. The molecule has 2 aliphatic rings. The second-order valence-corrected chi connectivity index (χ2v) is 7.58. The smallest absolute Gasteiger partial charge is 0.0462 e. The Morgan fingerprint density at radius 2 is 2.12 bits per heavy atom. The van der Waals surface area contributed by atoms with Crippen LogP contribution in [0.3, 0.4) is 0 Å². The average Bonchev–Trinajstić information content (AvgIpc) is 2.85. The lowest BCUT2D eigenvalue weighted by Crippen LogP contribution is -2.17. The van der Waals surface area contributed by atoms with Crippen molar-refractivity contribution >= 4 is 35.1 Å². The van der Waals surface area contributed by atoms with E-state index in [-0.39, 0.29) is 0 Å². The predicted octanol–water partition coefficient (Wildman–Crippen LogP) is 4.06. The topological polar surface area (TPSA) is 0 Å². The number of fused-ring (bicyclic) bond motifs is 1. The summed E-state index contributed by atoms with van der Waals surface area (Å²) < 4.78 is 0. The van der Waals surface area contributed by atoms with Gasteiger partial charge in [0.05, 0.1) is 0 Å². The summed E-state index contributed by atoms with van der Waals surface area (Å²) in [7, 11) is 0. The molecule has 0 spiro atoms. The van der Waals surface area contributed by atoms with Gasteiger partial charge in [0.2, 0.25) is 0 Å². The zero-order chi connectivity index (χ0) is 11.0. The van der Waals surface area contributed by atoms with Gasteiger partial charge in [-0.1, -0.05) is 18.2 Å². The van der Waals surface area contributed by atoms with E-state index >= 15 is 0 Å². The third kappa shape index (κ3) is 2.25. The van der Waals surface area contributed by atoms with Crippen LogP contribution >= 0.6 is 35.1 Å². The first-order valence-corrected chi connectivity index (χ1v) is 8.26. The maximum Gasteiger partial charge on any atom is 0.0462 e. The van der Waals surface area contributed by atoms with E-state index in [1.807, 2.05) is 11.8 Å². The second-order valence-electron chi connectivity index (χ2n) is 4.60. The molecule has 0 aromatic heterocycles. The average molecular weight is 271 g/mol. The van der Waals surface area contributed by atoms with Gasteiger partial charge in [-0.25, -0.2) is 0 Å². The van der Waals surface area contributed by atoms with E-state index in [0.717, 1.165) is 16.9 Å². The van der Waals surface area contributed by atoms with Crippen molar-refractivity contribution in [2.45, 2.75) is 28.4 Å². The minimum absolute atomic E-state index is 0.411. The summed E-state index contributed by atoms with van der Waals surface area (Å²) >= 11 is 10.4. The maximum atomic E-state index is 6.34. The molecule has 2 aliphatic heterocycles. The molecule has 0 radical (unpaired) electrons. The van der Waals surface area contributed by atoms with E-state index in [9.17, 15) is 0 Å². The molecule has 1 fully saturated rings. The molecule has 16 heavy (non-hydrogen) atoms. The Morgan fingerprint density at radius 1 is 1.25 bits per heavy atom. The number of rotatable bonds is 2. The van der Waals surface area contributed by atoms with Crippen LogP contribution in [-0.4, -0.2) is 22.1 Å². The molecule has 0 aliphatic carbocycles. The highest BCUT2D eigenvalue weighted by Gasteiger charge is 2.31. The van der Waals surface area contributed by atoms with Crippen molar-refractivity contribution in [1.29, 1.82) is 0 Å². The van der Waals surface area contributed by atoms with Crippen molar-refractivity contribution in [3.05, 3.63) is 29.8 Å². The number of benzene rings is 1. The number of hydrogen-bond donors (Lipinski definition) is 0. The van der Waals surface area contributed by atoms with Crippen LogP contribution in [0, 0.1) is 5.92 Å². The third-order valence-electron chi connectivity index (χ3n) is 3.40. The molecule has 1 aromatic rings. The van der Waals surface area contributed by atoms with Crippen LogP contribution in [0.15, 0.2) is 29.2 Å². The minimum atomic E-state index is 0.411. The Morgan fingerprint density at radius 3 is 2.88 bits per heavy atom. The summed E-state index contributed by atoms with van der Waals surface area (Å²) in [5, 5.41) is 1.18. The molecule has 3 atom stereocenters. The van der Waals surface area contributed by atoms with Crippen LogP contribution in [0.2, 0.25) is 0 Å². The maximum absolute atomic E-state index is 6.34.